The molecule has 0 heterocycles. The SMILES string of the molecule is CCc1cc(C(C)(N)CCO)ccc1OC. The molecule has 0 saturated heterocycles. The first kappa shape index (κ1) is 13.0. The number of aryl methyl sites for hydroxylation is 1. The molecule has 0 fully saturated rings. The maximum Gasteiger partial charge on any atom is 0.122 e. The fourth-order valence-electron chi connectivity index (χ4n) is 1.79. The van der Waals surface area contributed by atoms with Crippen LogP contribution in [-0.4, -0.2) is 18.8 Å². The summed E-state index contributed by atoms with van der Waals surface area (Å²) in [5.74, 6) is 0.894. The number of nitrogens with two attached hydrogens (primary N) is 1. The zero-order chi connectivity index (χ0) is 12.2. The molecule has 0 aromatic heterocycles. The molecule has 90 valence electrons. The number of methoxy groups -OCH3 is 1. The van der Waals surface area contributed by atoms with Crippen LogP contribution in [0.15, 0.2) is 18.2 Å². The molecule has 0 aliphatic rings. The topological polar surface area (TPSA) is 55.5 Å². The number of rotatable bonds is 5. The molecule has 3 nitrogen and oxygen atoms in total. The highest BCUT2D eigenvalue weighted by molar-refractivity contribution is 5.39. The molecule has 3 N–H and O–H groups in total. The van der Waals surface area contributed by atoms with Crippen molar-refractivity contribution >= 4 is 0 Å². The number of ether oxygens (including phenoxy) is 1. The Kier molecular flexibility index (Phi) is 4.33. The van der Waals surface area contributed by atoms with Gasteiger partial charge >= 0.3 is 0 Å². The van der Waals surface area contributed by atoms with Crippen LogP contribution in [-0.2, 0) is 12.0 Å². The molecule has 16 heavy (non-hydrogen) atoms. The van der Waals surface area contributed by atoms with Crippen molar-refractivity contribution in [2.24, 2.45) is 5.73 Å². The summed E-state index contributed by atoms with van der Waals surface area (Å²) in [7, 11) is 1.67. The number of aliphatic hydroxyl groups is 1. The Labute approximate surface area is 97.2 Å². The summed E-state index contributed by atoms with van der Waals surface area (Å²) < 4.78 is 5.27. The van der Waals surface area contributed by atoms with Crippen LogP contribution in [0.25, 0.3) is 0 Å². The Bertz CT molecular complexity index is 348. The van der Waals surface area contributed by atoms with E-state index in [1.165, 1.54) is 0 Å². The number of hydrogen-bond acceptors (Lipinski definition) is 3. The third-order valence-electron chi connectivity index (χ3n) is 2.95. The monoisotopic (exact) mass is 223 g/mol. The molecule has 0 aliphatic carbocycles. The molecule has 1 unspecified atom stereocenters. The summed E-state index contributed by atoms with van der Waals surface area (Å²) >= 11 is 0. The minimum atomic E-state index is -0.481. The van der Waals surface area contributed by atoms with Gasteiger partial charge in [0.05, 0.1) is 7.11 Å². The van der Waals surface area contributed by atoms with Crippen molar-refractivity contribution in [3.63, 3.8) is 0 Å². The largest absolute Gasteiger partial charge is 0.496 e. The van der Waals surface area contributed by atoms with Crippen molar-refractivity contribution in [2.45, 2.75) is 32.2 Å². The predicted octanol–water partition coefficient (Wildman–Crippen LogP) is 1.81. The lowest BCUT2D eigenvalue weighted by Gasteiger charge is -2.25. The van der Waals surface area contributed by atoms with E-state index in [0.29, 0.717) is 6.42 Å². The molecule has 0 saturated carbocycles. The van der Waals surface area contributed by atoms with E-state index in [0.717, 1.165) is 23.3 Å². The lowest BCUT2D eigenvalue weighted by molar-refractivity contribution is 0.247. The molecule has 0 aliphatic heterocycles. The zero-order valence-corrected chi connectivity index (χ0v) is 10.3. The molecule has 0 bridgehead atoms. The Morgan fingerprint density at radius 1 is 1.44 bits per heavy atom. The highest BCUT2D eigenvalue weighted by Gasteiger charge is 2.21. The Morgan fingerprint density at radius 3 is 2.62 bits per heavy atom. The van der Waals surface area contributed by atoms with E-state index >= 15 is 0 Å². The van der Waals surface area contributed by atoms with Gasteiger partial charge in [0, 0.05) is 12.1 Å². The van der Waals surface area contributed by atoms with Gasteiger partial charge in [-0.3, -0.25) is 0 Å². The second-order valence-corrected chi connectivity index (χ2v) is 4.27. The normalized spacial score (nSPS) is 14.6. The van der Waals surface area contributed by atoms with Gasteiger partial charge in [-0.1, -0.05) is 19.1 Å². The van der Waals surface area contributed by atoms with Crippen molar-refractivity contribution in [2.75, 3.05) is 13.7 Å². The molecule has 1 rings (SSSR count). The molecule has 1 aromatic carbocycles. The summed E-state index contributed by atoms with van der Waals surface area (Å²) in [5, 5.41) is 8.99. The van der Waals surface area contributed by atoms with Gasteiger partial charge in [-0.2, -0.15) is 0 Å². The lowest BCUT2D eigenvalue weighted by Crippen LogP contribution is -2.34. The van der Waals surface area contributed by atoms with Crippen LogP contribution in [0, 0.1) is 0 Å². The average Bonchev–Trinajstić information content (AvgIpc) is 2.28. The van der Waals surface area contributed by atoms with Crippen molar-refractivity contribution in [1.29, 1.82) is 0 Å². The lowest BCUT2D eigenvalue weighted by atomic mass is 9.88. The third-order valence-corrected chi connectivity index (χ3v) is 2.95. The van der Waals surface area contributed by atoms with Crippen LogP contribution in [0.1, 0.15) is 31.4 Å². The van der Waals surface area contributed by atoms with E-state index in [-0.39, 0.29) is 6.61 Å². The van der Waals surface area contributed by atoms with Crippen LogP contribution in [0.2, 0.25) is 0 Å². The van der Waals surface area contributed by atoms with Crippen LogP contribution >= 0.6 is 0 Å². The summed E-state index contributed by atoms with van der Waals surface area (Å²) in [6, 6.07) is 5.97. The van der Waals surface area contributed by atoms with E-state index in [4.69, 9.17) is 15.6 Å². The first-order valence-electron chi connectivity index (χ1n) is 5.62. The first-order chi connectivity index (χ1) is 7.55. The third kappa shape index (κ3) is 2.74. The molecule has 0 radical (unpaired) electrons. The quantitative estimate of drug-likeness (QED) is 0.800. The van der Waals surface area contributed by atoms with Crippen LogP contribution < -0.4 is 10.5 Å². The van der Waals surface area contributed by atoms with Gasteiger partial charge in [0.1, 0.15) is 5.75 Å². The summed E-state index contributed by atoms with van der Waals surface area (Å²) in [4.78, 5) is 0. The number of benzene rings is 1. The molecule has 3 heteroatoms. The van der Waals surface area contributed by atoms with E-state index in [9.17, 15) is 0 Å². The van der Waals surface area contributed by atoms with Crippen molar-refractivity contribution < 1.29 is 9.84 Å². The van der Waals surface area contributed by atoms with Gasteiger partial charge < -0.3 is 15.6 Å². The minimum Gasteiger partial charge on any atom is -0.496 e. The van der Waals surface area contributed by atoms with Crippen molar-refractivity contribution in [3.05, 3.63) is 29.3 Å². The summed E-state index contributed by atoms with van der Waals surface area (Å²) in [6.07, 6.45) is 1.47. The van der Waals surface area contributed by atoms with Gasteiger partial charge in [0.2, 0.25) is 0 Å². The smallest absolute Gasteiger partial charge is 0.122 e. The maximum atomic E-state index is 8.99. The highest BCUT2D eigenvalue weighted by Crippen LogP contribution is 2.27. The van der Waals surface area contributed by atoms with Gasteiger partial charge in [-0.05, 0) is 37.0 Å². The van der Waals surface area contributed by atoms with Gasteiger partial charge in [0.25, 0.3) is 0 Å². The summed E-state index contributed by atoms with van der Waals surface area (Å²) in [6.45, 7) is 4.12. The van der Waals surface area contributed by atoms with E-state index in [1.54, 1.807) is 7.11 Å². The predicted molar refractivity (Wildman–Crippen MR) is 65.6 cm³/mol. The van der Waals surface area contributed by atoms with E-state index in [1.807, 2.05) is 19.1 Å². The van der Waals surface area contributed by atoms with E-state index < -0.39 is 5.54 Å². The van der Waals surface area contributed by atoms with Crippen molar-refractivity contribution in [1.82, 2.24) is 0 Å². The molecule has 0 spiro atoms. The standard InChI is InChI=1S/C13H21NO2/c1-4-10-9-11(5-6-12(10)16-3)13(2,14)7-8-15/h5-6,9,15H,4,7-8,14H2,1-3H3. The Morgan fingerprint density at radius 2 is 2.12 bits per heavy atom. The Balaban J connectivity index is 3.07. The van der Waals surface area contributed by atoms with Crippen LogP contribution in [0.5, 0.6) is 5.75 Å². The van der Waals surface area contributed by atoms with Gasteiger partial charge in [-0.15, -0.1) is 0 Å². The van der Waals surface area contributed by atoms with Crippen molar-refractivity contribution in [3.8, 4) is 5.75 Å². The second kappa shape index (κ2) is 5.32. The highest BCUT2D eigenvalue weighted by atomic mass is 16.5. The molecular formula is C13H21NO2. The fraction of sp³-hybridized carbons (Fsp3) is 0.538. The molecule has 0 amide bonds. The van der Waals surface area contributed by atoms with Gasteiger partial charge in [0.15, 0.2) is 0 Å². The zero-order valence-electron chi connectivity index (χ0n) is 10.3. The van der Waals surface area contributed by atoms with Crippen LogP contribution in [0.3, 0.4) is 0 Å². The van der Waals surface area contributed by atoms with Gasteiger partial charge in [-0.25, -0.2) is 0 Å². The first-order valence-corrected chi connectivity index (χ1v) is 5.62. The molecular weight excluding hydrogens is 202 g/mol. The molecule has 1 atom stereocenters. The summed E-state index contributed by atoms with van der Waals surface area (Å²) in [5.41, 5.74) is 7.87. The average molecular weight is 223 g/mol. The van der Waals surface area contributed by atoms with Crippen LogP contribution in [0.4, 0.5) is 0 Å². The fourth-order valence-corrected chi connectivity index (χ4v) is 1.79. The number of aliphatic hydroxyl groups excluding tert-OH is 1. The number of hydrogen-bond donors (Lipinski definition) is 2. The van der Waals surface area contributed by atoms with E-state index in [2.05, 4.69) is 13.0 Å². The second-order valence-electron chi connectivity index (χ2n) is 4.27. The molecule has 1 aromatic rings. The minimum absolute atomic E-state index is 0.0977. The Hall–Kier alpha value is -1.06. The maximum absolute atomic E-state index is 8.99.